The summed E-state index contributed by atoms with van der Waals surface area (Å²) in [4.78, 5) is 15.6. The van der Waals surface area contributed by atoms with Gasteiger partial charge < -0.3 is 10.4 Å². The molecule has 94 valence electrons. The summed E-state index contributed by atoms with van der Waals surface area (Å²) in [5, 5.41) is 14.3. The van der Waals surface area contributed by atoms with Crippen molar-refractivity contribution in [3.05, 3.63) is 36.5 Å². The SMILES string of the molecule is CCC(C)(Nc1nccc2ccccc12)C(=O)O. The monoisotopic (exact) mass is 244 g/mol. The molecule has 2 N–H and O–H groups in total. The predicted molar refractivity (Wildman–Crippen MR) is 71.7 cm³/mol. The minimum atomic E-state index is -1.00. The second kappa shape index (κ2) is 4.64. The van der Waals surface area contributed by atoms with E-state index in [0.717, 1.165) is 10.8 Å². The lowest BCUT2D eigenvalue weighted by Gasteiger charge is -2.25. The van der Waals surface area contributed by atoms with Crippen molar-refractivity contribution < 1.29 is 9.90 Å². The highest BCUT2D eigenvalue weighted by Gasteiger charge is 2.31. The molecule has 0 bridgehead atoms. The Balaban J connectivity index is 2.46. The second-order valence-corrected chi connectivity index (χ2v) is 4.50. The Morgan fingerprint density at radius 1 is 1.39 bits per heavy atom. The van der Waals surface area contributed by atoms with Crippen LogP contribution in [0.4, 0.5) is 5.82 Å². The van der Waals surface area contributed by atoms with Gasteiger partial charge in [0, 0.05) is 11.6 Å². The second-order valence-electron chi connectivity index (χ2n) is 4.50. The molecule has 0 aliphatic rings. The lowest BCUT2D eigenvalue weighted by molar-refractivity contribution is -0.141. The van der Waals surface area contributed by atoms with Gasteiger partial charge in [-0.15, -0.1) is 0 Å². The standard InChI is InChI=1S/C14H16N2O2/c1-3-14(2,13(17)18)16-12-11-7-5-4-6-10(11)8-9-15-12/h4-9H,3H2,1-2H3,(H,15,16)(H,17,18). The molecule has 0 radical (unpaired) electrons. The van der Waals surface area contributed by atoms with Crippen molar-refractivity contribution in [2.24, 2.45) is 0 Å². The van der Waals surface area contributed by atoms with Gasteiger partial charge >= 0.3 is 5.97 Å². The number of benzene rings is 1. The van der Waals surface area contributed by atoms with Gasteiger partial charge in [-0.3, -0.25) is 0 Å². The topological polar surface area (TPSA) is 62.2 Å². The van der Waals surface area contributed by atoms with E-state index < -0.39 is 11.5 Å². The number of carbonyl (C=O) groups is 1. The Labute approximate surface area is 106 Å². The first-order valence-electron chi connectivity index (χ1n) is 5.92. The molecule has 2 rings (SSSR count). The average Bonchev–Trinajstić information content (AvgIpc) is 2.39. The van der Waals surface area contributed by atoms with Gasteiger partial charge in [0.25, 0.3) is 0 Å². The van der Waals surface area contributed by atoms with Crippen LogP contribution in [0.5, 0.6) is 0 Å². The molecule has 0 aliphatic heterocycles. The van der Waals surface area contributed by atoms with Gasteiger partial charge in [-0.2, -0.15) is 0 Å². The van der Waals surface area contributed by atoms with Crippen LogP contribution in [0.3, 0.4) is 0 Å². The smallest absolute Gasteiger partial charge is 0.329 e. The summed E-state index contributed by atoms with van der Waals surface area (Å²) in [6.45, 7) is 3.50. The molecule has 1 aromatic carbocycles. The Bertz CT molecular complexity index is 578. The summed E-state index contributed by atoms with van der Waals surface area (Å²) in [6, 6.07) is 9.68. The summed E-state index contributed by atoms with van der Waals surface area (Å²) in [5.41, 5.74) is -1.00. The van der Waals surface area contributed by atoms with Crippen molar-refractivity contribution in [1.82, 2.24) is 4.98 Å². The zero-order chi connectivity index (χ0) is 13.2. The number of aliphatic carboxylic acids is 1. The number of fused-ring (bicyclic) bond motifs is 1. The molecule has 4 heteroatoms. The van der Waals surface area contributed by atoms with Crippen molar-refractivity contribution >= 4 is 22.6 Å². The van der Waals surface area contributed by atoms with Gasteiger partial charge in [0.2, 0.25) is 0 Å². The third kappa shape index (κ3) is 2.14. The number of nitrogens with one attached hydrogen (secondary N) is 1. The van der Waals surface area contributed by atoms with Crippen molar-refractivity contribution in [3.63, 3.8) is 0 Å². The Morgan fingerprint density at radius 3 is 2.78 bits per heavy atom. The Hall–Kier alpha value is -2.10. The summed E-state index contributed by atoms with van der Waals surface area (Å²) in [6.07, 6.45) is 2.16. The van der Waals surface area contributed by atoms with Crippen molar-refractivity contribution in [2.75, 3.05) is 5.32 Å². The van der Waals surface area contributed by atoms with Crippen molar-refractivity contribution in [3.8, 4) is 0 Å². The van der Waals surface area contributed by atoms with Gasteiger partial charge in [0.1, 0.15) is 11.4 Å². The van der Waals surface area contributed by atoms with Gasteiger partial charge in [-0.05, 0) is 24.8 Å². The van der Waals surface area contributed by atoms with Crippen LogP contribution in [0.15, 0.2) is 36.5 Å². The quantitative estimate of drug-likeness (QED) is 0.868. The molecule has 1 aromatic heterocycles. The fourth-order valence-corrected chi connectivity index (χ4v) is 1.77. The average molecular weight is 244 g/mol. The maximum Gasteiger partial charge on any atom is 0.329 e. The van der Waals surface area contributed by atoms with Crippen LogP contribution in [0.25, 0.3) is 10.8 Å². The van der Waals surface area contributed by atoms with Crippen molar-refractivity contribution in [2.45, 2.75) is 25.8 Å². The molecule has 0 fully saturated rings. The molecule has 18 heavy (non-hydrogen) atoms. The molecule has 0 saturated heterocycles. The van der Waals surface area contributed by atoms with Gasteiger partial charge in [-0.1, -0.05) is 31.2 Å². The molecule has 1 atom stereocenters. The van der Waals surface area contributed by atoms with Crippen LogP contribution >= 0.6 is 0 Å². The fraction of sp³-hybridized carbons (Fsp3) is 0.286. The largest absolute Gasteiger partial charge is 0.480 e. The highest BCUT2D eigenvalue weighted by Crippen LogP contribution is 2.24. The minimum Gasteiger partial charge on any atom is -0.480 e. The normalized spacial score (nSPS) is 14.1. The molecule has 0 spiro atoms. The van der Waals surface area contributed by atoms with Gasteiger partial charge in [0.15, 0.2) is 0 Å². The van der Waals surface area contributed by atoms with E-state index in [0.29, 0.717) is 12.2 Å². The molecular weight excluding hydrogens is 228 g/mol. The zero-order valence-corrected chi connectivity index (χ0v) is 10.5. The van der Waals surface area contributed by atoms with E-state index in [1.165, 1.54) is 0 Å². The van der Waals surface area contributed by atoms with Crippen LogP contribution in [0, 0.1) is 0 Å². The number of pyridine rings is 1. The van der Waals surface area contributed by atoms with Crippen molar-refractivity contribution in [1.29, 1.82) is 0 Å². The lowest BCUT2D eigenvalue weighted by Crippen LogP contribution is -2.43. The van der Waals surface area contributed by atoms with E-state index in [9.17, 15) is 9.90 Å². The zero-order valence-electron chi connectivity index (χ0n) is 10.5. The van der Waals surface area contributed by atoms with E-state index in [-0.39, 0.29) is 0 Å². The molecule has 1 heterocycles. The summed E-state index contributed by atoms with van der Waals surface area (Å²) in [7, 11) is 0. The highest BCUT2D eigenvalue weighted by atomic mass is 16.4. The maximum atomic E-state index is 11.3. The summed E-state index contributed by atoms with van der Waals surface area (Å²) >= 11 is 0. The first kappa shape index (κ1) is 12.4. The van der Waals surface area contributed by atoms with Crippen LogP contribution in [-0.2, 0) is 4.79 Å². The molecule has 1 unspecified atom stereocenters. The number of carboxylic acid groups (broad SMARTS) is 1. The van der Waals surface area contributed by atoms with Crippen LogP contribution < -0.4 is 5.32 Å². The molecular formula is C14H16N2O2. The fourth-order valence-electron chi connectivity index (χ4n) is 1.77. The third-order valence-corrected chi connectivity index (χ3v) is 3.25. The van der Waals surface area contributed by atoms with Crippen LogP contribution in [0.2, 0.25) is 0 Å². The molecule has 0 amide bonds. The van der Waals surface area contributed by atoms with E-state index in [4.69, 9.17) is 0 Å². The molecule has 0 saturated carbocycles. The van der Waals surface area contributed by atoms with Gasteiger partial charge in [0.05, 0.1) is 0 Å². The van der Waals surface area contributed by atoms with Gasteiger partial charge in [-0.25, -0.2) is 9.78 Å². The Morgan fingerprint density at radius 2 is 2.11 bits per heavy atom. The van der Waals surface area contributed by atoms with Crippen LogP contribution in [-0.4, -0.2) is 21.6 Å². The van der Waals surface area contributed by atoms with E-state index in [2.05, 4.69) is 10.3 Å². The van der Waals surface area contributed by atoms with E-state index in [1.807, 2.05) is 37.3 Å². The van der Waals surface area contributed by atoms with E-state index >= 15 is 0 Å². The highest BCUT2D eigenvalue weighted by molar-refractivity contribution is 5.93. The number of aromatic nitrogens is 1. The summed E-state index contributed by atoms with van der Waals surface area (Å²) < 4.78 is 0. The first-order valence-corrected chi connectivity index (χ1v) is 5.92. The Kier molecular flexibility index (Phi) is 3.19. The summed E-state index contributed by atoms with van der Waals surface area (Å²) in [5.74, 6) is -0.264. The molecule has 4 nitrogen and oxygen atoms in total. The molecule has 2 aromatic rings. The number of nitrogens with zero attached hydrogens (tertiary/aromatic N) is 1. The van der Waals surface area contributed by atoms with Crippen LogP contribution in [0.1, 0.15) is 20.3 Å². The predicted octanol–water partition coefficient (Wildman–Crippen LogP) is 2.90. The number of anilines is 1. The first-order chi connectivity index (χ1) is 8.57. The number of rotatable bonds is 4. The number of hydrogen-bond donors (Lipinski definition) is 2. The number of carboxylic acids is 1. The van der Waals surface area contributed by atoms with E-state index in [1.54, 1.807) is 13.1 Å². The minimum absolute atomic E-state index is 0.479. The third-order valence-electron chi connectivity index (χ3n) is 3.25. The lowest BCUT2D eigenvalue weighted by atomic mass is 9.99. The number of hydrogen-bond acceptors (Lipinski definition) is 3. The maximum absolute atomic E-state index is 11.3. The molecule has 0 aliphatic carbocycles.